The van der Waals surface area contributed by atoms with Crippen LogP contribution in [0.2, 0.25) is 0 Å². The van der Waals surface area contributed by atoms with E-state index in [1.807, 2.05) is 24.1 Å². The number of nitrogens with one attached hydrogen (secondary N) is 1. The zero-order valence-electron chi connectivity index (χ0n) is 41.1. The van der Waals surface area contributed by atoms with Gasteiger partial charge in [-0.2, -0.15) is 0 Å². The molecule has 0 radical (unpaired) electrons. The Labute approximate surface area is 393 Å². The van der Waals surface area contributed by atoms with Crippen molar-refractivity contribution in [2.45, 2.75) is 205 Å². The van der Waals surface area contributed by atoms with Crippen LogP contribution in [0, 0.1) is 17.8 Å². The number of carbonyl (C=O) groups is 2. The van der Waals surface area contributed by atoms with Gasteiger partial charge in [-0.3, -0.25) is 4.79 Å². The highest BCUT2D eigenvalue weighted by Crippen LogP contribution is 2.61. The molecule has 3 aliphatic rings. The van der Waals surface area contributed by atoms with Gasteiger partial charge in [-0.25, -0.2) is 4.79 Å². The van der Waals surface area contributed by atoms with Gasteiger partial charge < -0.3 is 39.5 Å². The predicted molar refractivity (Wildman–Crippen MR) is 262 cm³/mol. The first-order valence-corrected chi connectivity index (χ1v) is 26.1. The van der Waals surface area contributed by atoms with Gasteiger partial charge >= 0.3 is 6.09 Å². The van der Waals surface area contributed by atoms with Crippen molar-refractivity contribution in [2.75, 3.05) is 40.5 Å². The van der Waals surface area contributed by atoms with Gasteiger partial charge in [-0.1, -0.05) is 153 Å². The van der Waals surface area contributed by atoms with Crippen molar-refractivity contribution in [1.29, 1.82) is 0 Å². The molecule has 4 rings (SSSR count). The third-order valence-electron chi connectivity index (χ3n) is 14.2. The molecule has 2 amide bonds. The number of hydrogen-bond donors (Lipinski definition) is 3. The van der Waals surface area contributed by atoms with Crippen LogP contribution in [0.1, 0.15) is 199 Å². The monoisotopic (exact) mass is 908 g/mol. The minimum Gasteiger partial charge on any atom is -0.459 e. The number of fused-ring (bicyclic) bond motifs is 2. The quantitative estimate of drug-likeness (QED) is 0.0348. The smallest absolute Gasteiger partial charge is 0.412 e. The van der Waals surface area contributed by atoms with E-state index < -0.39 is 23.8 Å². The molecule has 6 unspecified atom stereocenters. The van der Waals surface area contributed by atoms with Gasteiger partial charge in [-0.15, -0.1) is 6.58 Å². The summed E-state index contributed by atoms with van der Waals surface area (Å²) in [5.74, 6) is -0.599. The van der Waals surface area contributed by atoms with Gasteiger partial charge in [0.05, 0.1) is 18.2 Å². The fraction of sp³-hybridized carbons (Fsp3) is 0.759. The Kier molecular flexibility index (Phi) is 25.7. The minimum absolute atomic E-state index is 0.0411. The first-order chi connectivity index (χ1) is 31.8. The van der Waals surface area contributed by atoms with Gasteiger partial charge in [0.25, 0.3) is 0 Å². The normalized spacial score (nSPS) is 22.6. The van der Waals surface area contributed by atoms with E-state index in [4.69, 9.17) is 19.0 Å². The van der Waals surface area contributed by atoms with E-state index in [1.54, 1.807) is 19.3 Å². The van der Waals surface area contributed by atoms with E-state index in [9.17, 15) is 19.8 Å². The van der Waals surface area contributed by atoms with Crippen LogP contribution in [0.5, 0.6) is 11.5 Å². The minimum atomic E-state index is -1.30. The fourth-order valence-corrected chi connectivity index (χ4v) is 10.8. The molecule has 1 saturated carbocycles. The number of allylic oxidation sites excluding steroid dienone is 1. The largest absolute Gasteiger partial charge is 0.459 e. The number of benzene rings is 1. The van der Waals surface area contributed by atoms with E-state index in [2.05, 4.69) is 37.0 Å². The summed E-state index contributed by atoms with van der Waals surface area (Å²) in [4.78, 5) is 34.9. The number of oxime groups is 1. The van der Waals surface area contributed by atoms with E-state index in [0.717, 1.165) is 74.6 Å². The number of hydrogen-bond acceptors (Lipinski definition) is 9. The molecule has 0 spiro atoms. The van der Waals surface area contributed by atoms with Crippen LogP contribution in [-0.2, 0) is 14.4 Å². The van der Waals surface area contributed by atoms with Crippen molar-refractivity contribution in [3.63, 3.8) is 0 Å². The zero-order chi connectivity index (χ0) is 46.7. The molecule has 1 aromatic carbocycles. The lowest BCUT2D eigenvalue weighted by Gasteiger charge is -2.59. The highest BCUT2D eigenvalue weighted by atomic mass is 16.7. The van der Waals surface area contributed by atoms with Crippen molar-refractivity contribution in [3.05, 3.63) is 48.1 Å². The van der Waals surface area contributed by atoms with Crippen molar-refractivity contribution >= 4 is 17.7 Å². The Morgan fingerprint density at radius 3 is 2.05 bits per heavy atom. The lowest BCUT2D eigenvalue weighted by molar-refractivity contribution is -0.255. The molecule has 1 heterocycles. The summed E-state index contributed by atoms with van der Waals surface area (Å²) in [5.41, 5.74) is 2.66. The number of ether oxygens (including phenoxy) is 3. The van der Waals surface area contributed by atoms with E-state index in [-0.39, 0.29) is 43.5 Å². The second kappa shape index (κ2) is 30.8. The number of unbranched alkanes of at least 4 members (excludes halogenated alkanes) is 19. The first-order valence-electron chi connectivity index (χ1n) is 26.1. The molecule has 6 atom stereocenters. The molecule has 1 aliphatic heterocycles. The third kappa shape index (κ3) is 16.4. The van der Waals surface area contributed by atoms with Crippen molar-refractivity contribution < 1.29 is 38.9 Å². The SMILES string of the molecule is C=CCOC12Oc3ccc(OC(=O)NCCCCCCCCCCCC)cc3C3C(CCCCO)C(CCCCO)C=C(C(=NOC)CC1N(C)C(=O)CCCCCCCCCCC)C32. The maximum absolute atomic E-state index is 14.3. The maximum atomic E-state index is 14.3. The van der Waals surface area contributed by atoms with Gasteiger partial charge in [0.1, 0.15) is 24.7 Å². The molecule has 1 fully saturated rings. The Morgan fingerprint density at radius 1 is 0.846 bits per heavy atom. The van der Waals surface area contributed by atoms with Crippen LogP contribution >= 0.6 is 0 Å². The standard InChI is InChI=1S/C54H89N3O8/c1-6-9-11-13-15-17-19-21-23-27-35-55-53(61)64-43-33-34-48-46(40-43)51-44(31-26-29-37-59)42(30-25-28-36-58)39-45-47(56-62-5)41-49(54(65-48,52(45)51)63-38-8-3)57(4)50(60)32-24-22-20-18-16-14-12-10-7-2/h8,33-34,39-40,42,44,49,51-52,58-59H,3,6-7,9-32,35-38,41H2,1-2,4-5H3,(H,55,61). The summed E-state index contributed by atoms with van der Waals surface area (Å²) >= 11 is 0. The molecule has 11 heteroatoms. The van der Waals surface area contributed by atoms with Crippen LogP contribution in [0.4, 0.5) is 4.79 Å². The maximum Gasteiger partial charge on any atom is 0.412 e. The molecule has 0 saturated heterocycles. The average molecular weight is 908 g/mol. The Balaban J connectivity index is 1.64. The molecular formula is C54H89N3O8. The lowest BCUT2D eigenvalue weighted by atomic mass is 9.55. The number of rotatable bonds is 35. The number of aliphatic hydroxyl groups is 2. The second-order valence-corrected chi connectivity index (χ2v) is 19.0. The van der Waals surface area contributed by atoms with Gasteiger partial charge in [0.2, 0.25) is 11.7 Å². The van der Waals surface area contributed by atoms with Crippen LogP contribution < -0.4 is 14.8 Å². The number of likely N-dealkylation sites (N-methyl/N-ethyl adjacent to an activating group) is 1. The van der Waals surface area contributed by atoms with E-state index in [0.29, 0.717) is 43.7 Å². The van der Waals surface area contributed by atoms with Crippen molar-refractivity contribution in [3.8, 4) is 11.5 Å². The Bertz CT molecular complexity index is 1600. The molecule has 0 bridgehead atoms. The Morgan fingerprint density at radius 2 is 1.45 bits per heavy atom. The Hall–Kier alpha value is -3.41. The lowest BCUT2D eigenvalue weighted by Crippen LogP contribution is -2.69. The summed E-state index contributed by atoms with van der Waals surface area (Å²) < 4.78 is 20.2. The molecule has 0 aromatic heterocycles. The molecule has 2 aliphatic carbocycles. The van der Waals surface area contributed by atoms with E-state index >= 15 is 0 Å². The zero-order valence-corrected chi connectivity index (χ0v) is 41.1. The number of nitrogens with zero attached hydrogens (tertiary/aromatic N) is 2. The summed E-state index contributed by atoms with van der Waals surface area (Å²) in [6.45, 7) is 9.51. The molecule has 65 heavy (non-hydrogen) atoms. The van der Waals surface area contributed by atoms with Crippen LogP contribution in [-0.4, -0.2) is 85.2 Å². The second-order valence-electron chi connectivity index (χ2n) is 19.0. The summed E-state index contributed by atoms with van der Waals surface area (Å²) in [6.07, 6.45) is 31.9. The number of carbonyl (C=O) groups excluding carboxylic acids is 2. The van der Waals surface area contributed by atoms with Gasteiger partial charge in [0.15, 0.2) is 0 Å². The predicted octanol–water partition coefficient (Wildman–Crippen LogP) is 12.3. The topological polar surface area (TPSA) is 139 Å². The van der Waals surface area contributed by atoms with Crippen molar-refractivity contribution in [2.24, 2.45) is 22.9 Å². The van der Waals surface area contributed by atoms with Gasteiger partial charge in [-0.05, 0) is 74.1 Å². The molecule has 11 nitrogen and oxygen atoms in total. The van der Waals surface area contributed by atoms with Gasteiger partial charge in [0, 0.05) is 51.1 Å². The van der Waals surface area contributed by atoms with Crippen LogP contribution in [0.15, 0.2) is 47.7 Å². The highest BCUT2D eigenvalue weighted by Gasteiger charge is 2.65. The van der Waals surface area contributed by atoms with Crippen molar-refractivity contribution in [1.82, 2.24) is 10.2 Å². The summed E-state index contributed by atoms with van der Waals surface area (Å²) in [5, 5.41) is 27.4. The number of aliphatic hydroxyl groups excluding tert-OH is 2. The molecule has 1 aromatic rings. The van der Waals surface area contributed by atoms with E-state index in [1.165, 1.54) is 89.9 Å². The summed E-state index contributed by atoms with van der Waals surface area (Å²) in [6, 6.07) is 5.09. The molecule has 3 N–H and O–H groups in total. The molecule has 368 valence electrons. The number of amides is 2. The van der Waals surface area contributed by atoms with Crippen LogP contribution in [0.25, 0.3) is 0 Å². The first kappa shape index (κ1) is 54.2. The summed E-state index contributed by atoms with van der Waals surface area (Å²) in [7, 11) is 3.43. The molecular weight excluding hydrogens is 819 g/mol. The fourth-order valence-electron chi connectivity index (χ4n) is 10.8. The highest BCUT2D eigenvalue weighted by molar-refractivity contribution is 6.03. The van der Waals surface area contributed by atoms with Crippen LogP contribution in [0.3, 0.4) is 0 Å². The average Bonchev–Trinajstić information content (AvgIpc) is 3.30. The third-order valence-corrected chi connectivity index (χ3v) is 14.2.